The van der Waals surface area contributed by atoms with E-state index in [4.69, 9.17) is 9.84 Å². The van der Waals surface area contributed by atoms with Gasteiger partial charge in [-0.1, -0.05) is 12.1 Å². The third-order valence-corrected chi connectivity index (χ3v) is 7.38. The molecule has 3 aromatic rings. The minimum absolute atomic E-state index is 0.0837. The Morgan fingerprint density at radius 2 is 2.00 bits per heavy atom. The van der Waals surface area contributed by atoms with E-state index in [2.05, 4.69) is 15.5 Å². The fraction of sp³-hybridized carbons (Fsp3) is 0.407. The average molecular weight is 551 g/mol. The highest BCUT2D eigenvalue weighted by molar-refractivity contribution is 5.83. The lowest BCUT2D eigenvalue weighted by Crippen LogP contribution is -2.47. The molecule has 2 aliphatic rings. The number of aliphatic carboxylic acids is 1. The normalized spacial score (nSPS) is 20.9. The Bertz CT molecular complexity index is 1390. The van der Waals surface area contributed by atoms with Crippen LogP contribution >= 0.6 is 0 Å². The number of carboxylic acids is 1. The Morgan fingerprint density at radius 1 is 1.28 bits per heavy atom. The first-order valence-electron chi connectivity index (χ1n) is 12.5. The number of rotatable bonds is 9. The lowest BCUT2D eigenvalue weighted by Gasteiger charge is -2.42. The second-order valence-corrected chi connectivity index (χ2v) is 10.2. The molecular weight excluding hydrogens is 523 g/mol. The predicted molar refractivity (Wildman–Crippen MR) is 132 cm³/mol. The largest absolute Gasteiger partial charge is 0.491 e. The summed E-state index contributed by atoms with van der Waals surface area (Å²) in [6.45, 7) is 0.661. The zero-order chi connectivity index (χ0) is 27.9. The van der Waals surface area contributed by atoms with Crippen LogP contribution in [0.1, 0.15) is 42.5 Å². The molecule has 1 saturated carbocycles. The van der Waals surface area contributed by atoms with Gasteiger partial charge in [0.25, 0.3) is 0 Å². The summed E-state index contributed by atoms with van der Waals surface area (Å²) in [5.74, 6) is -3.16. The fourth-order valence-corrected chi connectivity index (χ4v) is 5.28. The molecule has 7 nitrogen and oxygen atoms in total. The summed E-state index contributed by atoms with van der Waals surface area (Å²) < 4.78 is 77.7. The molecule has 39 heavy (non-hydrogen) atoms. The number of carbonyl (C=O) groups is 1. The molecule has 0 bridgehead atoms. The molecule has 1 aliphatic heterocycles. The lowest BCUT2D eigenvalue weighted by atomic mass is 9.83. The fourth-order valence-electron chi connectivity index (χ4n) is 5.28. The van der Waals surface area contributed by atoms with E-state index >= 15 is 8.78 Å². The number of alkyl halides is 3. The van der Waals surface area contributed by atoms with Crippen molar-refractivity contribution < 1.29 is 36.6 Å². The first-order valence-corrected chi connectivity index (χ1v) is 12.5. The summed E-state index contributed by atoms with van der Waals surface area (Å²) in [6.07, 6.45) is 1.19. The van der Waals surface area contributed by atoms with Gasteiger partial charge in [-0.15, -0.1) is 0 Å². The number of aromatic amines is 1. The minimum Gasteiger partial charge on any atom is -0.491 e. The molecule has 2 heterocycles. The molecule has 208 valence electrons. The minimum atomic E-state index is -4.58. The molecule has 0 radical (unpaired) electrons. The lowest BCUT2D eigenvalue weighted by molar-refractivity contribution is -0.155. The van der Waals surface area contributed by atoms with Crippen LogP contribution in [-0.4, -0.2) is 63.6 Å². The van der Waals surface area contributed by atoms with Gasteiger partial charge in [-0.2, -0.15) is 18.3 Å². The maximum Gasteiger partial charge on any atom is 0.401 e. The molecule has 0 saturated heterocycles. The molecule has 1 aromatic heterocycles. The number of hydrogen-bond acceptors (Lipinski definition) is 5. The predicted octanol–water partition coefficient (Wildman–Crippen LogP) is 4.88. The number of benzene rings is 2. The maximum absolute atomic E-state index is 15.6. The smallest absolute Gasteiger partial charge is 0.401 e. The number of aromatic nitrogens is 2. The summed E-state index contributed by atoms with van der Waals surface area (Å²) >= 11 is 0. The number of halogens is 5. The Kier molecular flexibility index (Phi) is 7.10. The summed E-state index contributed by atoms with van der Waals surface area (Å²) in [7, 11) is 0. The Labute approximate surface area is 220 Å². The average Bonchev–Trinajstić information content (AvgIpc) is 3.45. The van der Waals surface area contributed by atoms with Crippen LogP contribution in [0.25, 0.3) is 10.9 Å². The molecule has 0 spiro atoms. The van der Waals surface area contributed by atoms with Crippen molar-refractivity contribution in [3.05, 3.63) is 70.9 Å². The van der Waals surface area contributed by atoms with Crippen LogP contribution in [0.4, 0.5) is 22.0 Å². The molecule has 1 fully saturated rings. The maximum atomic E-state index is 15.6. The number of ether oxygens (including phenoxy) is 1. The highest BCUT2D eigenvalue weighted by atomic mass is 19.4. The summed E-state index contributed by atoms with van der Waals surface area (Å²) in [5, 5.41) is 19.4. The monoisotopic (exact) mass is 550 g/mol. The van der Waals surface area contributed by atoms with Crippen LogP contribution < -0.4 is 10.1 Å². The van der Waals surface area contributed by atoms with Crippen molar-refractivity contribution in [3.63, 3.8) is 0 Å². The van der Waals surface area contributed by atoms with E-state index in [1.54, 1.807) is 25.3 Å². The van der Waals surface area contributed by atoms with Gasteiger partial charge in [0.05, 0.1) is 29.8 Å². The van der Waals surface area contributed by atoms with Gasteiger partial charge in [0.15, 0.2) is 0 Å². The van der Waals surface area contributed by atoms with Crippen LogP contribution in [0.3, 0.4) is 0 Å². The van der Waals surface area contributed by atoms with Crippen LogP contribution in [0.15, 0.2) is 42.6 Å². The molecule has 5 rings (SSSR count). The second kappa shape index (κ2) is 10.2. The number of hydrogen-bond donors (Lipinski definition) is 3. The molecule has 3 N–H and O–H groups in total. The molecule has 0 amide bonds. The van der Waals surface area contributed by atoms with E-state index < -0.39 is 53.5 Å². The van der Waals surface area contributed by atoms with Crippen LogP contribution in [0.2, 0.25) is 0 Å². The number of H-pyrrole nitrogens is 1. The van der Waals surface area contributed by atoms with Gasteiger partial charge in [0, 0.05) is 41.7 Å². The molecular formula is C27H27F5N4O3. The topological polar surface area (TPSA) is 90.5 Å². The van der Waals surface area contributed by atoms with Gasteiger partial charge in [-0.05, 0) is 43.4 Å². The van der Waals surface area contributed by atoms with Gasteiger partial charge in [-0.3, -0.25) is 10.00 Å². The third-order valence-electron chi connectivity index (χ3n) is 7.38. The highest BCUT2D eigenvalue weighted by Crippen LogP contribution is 2.44. The molecule has 0 unspecified atom stereocenters. The molecule has 1 aliphatic carbocycles. The van der Waals surface area contributed by atoms with Crippen molar-refractivity contribution in [2.45, 2.75) is 50.0 Å². The van der Waals surface area contributed by atoms with E-state index in [1.807, 2.05) is 0 Å². The summed E-state index contributed by atoms with van der Waals surface area (Å²) in [5.41, 5.74) is 0.879. The first kappa shape index (κ1) is 27.1. The SMILES string of the molecule is C[C@@H]1Cc2c(ccc3[nH]ncc23)[C@@H](c2c(F)cc(OCC3(NC/C=C/C(=O)O)CC3)cc2F)N1CC(F)(F)F. The van der Waals surface area contributed by atoms with E-state index in [9.17, 15) is 18.0 Å². The van der Waals surface area contributed by atoms with Gasteiger partial charge in [0.1, 0.15) is 24.0 Å². The van der Waals surface area contributed by atoms with Crippen molar-refractivity contribution >= 4 is 16.9 Å². The van der Waals surface area contributed by atoms with E-state index in [0.29, 0.717) is 22.0 Å². The quantitative estimate of drug-likeness (QED) is 0.260. The van der Waals surface area contributed by atoms with Gasteiger partial charge in [0.2, 0.25) is 0 Å². The van der Waals surface area contributed by atoms with Crippen molar-refractivity contribution in [2.75, 3.05) is 19.7 Å². The molecule has 12 heteroatoms. The molecule has 2 atom stereocenters. The van der Waals surface area contributed by atoms with Crippen molar-refractivity contribution in [3.8, 4) is 5.75 Å². The number of fused-ring (bicyclic) bond motifs is 3. The first-order chi connectivity index (χ1) is 18.5. The molecule has 2 aromatic carbocycles. The van der Waals surface area contributed by atoms with Crippen LogP contribution in [-0.2, 0) is 11.2 Å². The number of carboxylic acid groups (broad SMARTS) is 1. The van der Waals surface area contributed by atoms with Gasteiger partial charge < -0.3 is 15.2 Å². The zero-order valence-electron chi connectivity index (χ0n) is 21.0. The standard InChI is InChI=1S/C27H27F5N4O3/c1-15-9-18-17(4-5-22-19(18)12-34-35-22)25(36(15)13-27(30,31)32)24-20(28)10-16(11-21(24)29)39-14-26(6-7-26)33-8-2-3-23(37)38/h2-5,10-12,15,25,33H,6-9,13-14H2,1H3,(H,34,35)(H,37,38)/b3-2+/t15-,25+/m1/s1. The summed E-state index contributed by atoms with van der Waals surface area (Å²) in [4.78, 5) is 11.7. The Morgan fingerprint density at radius 3 is 2.64 bits per heavy atom. The van der Waals surface area contributed by atoms with E-state index in [-0.39, 0.29) is 25.3 Å². The van der Waals surface area contributed by atoms with E-state index in [0.717, 1.165) is 36.0 Å². The van der Waals surface area contributed by atoms with Crippen molar-refractivity contribution in [2.24, 2.45) is 0 Å². The van der Waals surface area contributed by atoms with Gasteiger partial charge >= 0.3 is 12.1 Å². The zero-order valence-corrected chi connectivity index (χ0v) is 21.0. The van der Waals surface area contributed by atoms with Crippen molar-refractivity contribution in [1.82, 2.24) is 20.4 Å². The highest BCUT2D eigenvalue weighted by Gasteiger charge is 2.44. The van der Waals surface area contributed by atoms with Crippen molar-refractivity contribution in [1.29, 1.82) is 0 Å². The second-order valence-electron chi connectivity index (χ2n) is 10.2. The van der Waals surface area contributed by atoms with Crippen LogP contribution in [0.5, 0.6) is 5.75 Å². The van der Waals surface area contributed by atoms with E-state index in [1.165, 1.54) is 6.08 Å². The third kappa shape index (κ3) is 5.76. The van der Waals surface area contributed by atoms with Gasteiger partial charge in [-0.25, -0.2) is 13.6 Å². The number of nitrogens with zero attached hydrogens (tertiary/aromatic N) is 2. The number of nitrogens with one attached hydrogen (secondary N) is 2. The summed E-state index contributed by atoms with van der Waals surface area (Å²) in [6, 6.07) is 3.28. The Balaban J connectivity index is 1.44. The van der Waals surface area contributed by atoms with Crippen LogP contribution in [0, 0.1) is 11.6 Å². The Hall–Kier alpha value is -3.51.